The molecule has 100 valence electrons. The van der Waals surface area contributed by atoms with Crippen LogP contribution < -0.4 is 5.32 Å². The van der Waals surface area contributed by atoms with Crippen molar-refractivity contribution in [2.24, 2.45) is 0 Å². The predicted molar refractivity (Wildman–Crippen MR) is 77.9 cm³/mol. The van der Waals surface area contributed by atoms with Gasteiger partial charge in [-0.15, -0.1) is 0 Å². The summed E-state index contributed by atoms with van der Waals surface area (Å²) in [6.45, 7) is 6.40. The molecule has 2 rings (SSSR count). The van der Waals surface area contributed by atoms with Crippen LogP contribution in [0.5, 0.6) is 0 Å². The third kappa shape index (κ3) is 4.05. The van der Waals surface area contributed by atoms with E-state index in [0.29, 0.717) is 6.61 Å². The molecule has 1 saturated heterocycles. The van der Waals surface area contributed by atoms with Gasteiger partial charge in [-0.1, -0.05) is 28.1 Å². The quantitative estimate of drug-likeness (QED) is 0.900. The fourth-order valence-corrected chi connectivity index (χ4v) is 2.78. The van der Waals surface area contributed by atoms with E-state index in [1.165, 1.54) is 24.2 Å². The Hall–Kier alpha value is -0.420. The van der Waals surface area contributed by atoms with Gasteiger partial charge in [-0.2, -0.15) is 0 Å². The SMILES string of the molecule is COCc1ccc(CCN2CCNCC2)cc1Br. The fraction of sp³-hybridized carbons (Fsp3) is 0.571. The van der Waals surface area contributed by atoms with Crippen molar-refractivity contribution in [3.8, 4) is 0 Å². The molecule has 0 unspecified atom stereocenters. The molecule has 18 heavy (non-hydrogen) atoms. The second-order valence-corrected chi connectivity index (χ2v) is 5.55. The van der Waals surface area contributed by atoms with Gasteiger partial charge in [-0.25, -0.2) is 0 Å². The zero-order valence-corrected chi connectivity index (χ0v) is 12.5. The molecule has 0 radical (unpaired) electrons. The highest BCUT2D eigenvalue weighted by molar-refractivity contribution is 9.10. The van der Waals surface area contributed by atoms with Gasteiger partial charge < -0.3 is 15.0 Å². The van der Waals surface area contributed by atoms with Gasteiger partial charge in [0, 0.05) is 44.3 Å². The minimum atomic E-state index is 0.665. The van der Waals surface area contributed by atoms with Crippen LogP contribution >= 0.6 is 15.9 Å². The van der Waals surface area contributed by atoms with Gasteiger partial charge in [0.2, 0.25) is 0 Å². The molecule has 1 aliphatic rings. The highest BCUT2D eigenvalue weighted by Crippen LogP contribution is 2.19. The van der Waals surface area contributed by atoms with Crippen molar-refractivity contribution in [2.75, 3.05) is 39.8 Å². The lowest BCUT2D eigenvalue weighted by molar-refractivity contribution is 0.184. The van der Waals surface area contributed by atoms with Gasteiger partial charge in [0.1, 0.15) is 0 Å². The Labute approximate surface area is 118 Å². The van der Waals surface area contributed by atoms with Crippen molar-refractivity contribution < 1.29 is 4.74 Å². The van der Waals surface area contributed by atoms with Gasteiger partial charge in [0.25, 0.3) is 0 Å². The maximum atomic E-state index is 5.16. The fourth-order valence-electron chi connectivity index (χ4n) is 2.24. The van der Waals surface area contributed by atoms with Crippen molar-refractivity contribution in [3.63, 3.8) is 0 Å². The van der Waals surface area contributed by atoms with Gasteiger partial charge in [0.05, 0.1) is 6.61 Å². The molecule has 0 atom stereocenters. The Morgan fingerprint density at radius 2 is 2.11 bits per heavy atom. The summed E-state index contributed by atoms with van der Waals surface area (Å²) in [5, 5.41) is 3.38. The number of halogens is 1. The molecular formula is C14H21BrN2O. The summed E-state index contributed by atoms with van der Waals surface area (Å²) in [7, 11) is 1.73. The first-order chi connectivity index (χ1) is 8.79. The van der Waals surface area contributed by atoms with Crippen molar-refractivity contribution in [2.45, 2.75) is 13.0 Å². The minimum absolute atomic E-state index is 0.665. The Kier molecular flexibility index (Phi) is 5.63. The van der Waals surface area contributed by atoms with Crippen LogP contribution in [-0.2, 0) is 17.8 Å². The molecule has 0 amide bonds. The smallest absolute Gasteiger partial charge is 0.0724 e. The summed E-state index contributed by atoms with van der Waals surface area (Å²) in [6.07, 6.45) is 1.12. The number of hydrogen-bond donors (Lipinski definition) is 1. The highest BCUT2D eigenvalue weighted by atomic mass is 79.9. The van der Waals surface area contributed by atoms with Gasteiger partial charge in [0.15, 0.2) is 0 Å². The monoisotopic (exact) mass is 312 g/mol. The molecule has 1 N–H and O–H groups in total. The summed E-state index contributed by atoms with van der Waals surface area (Å²) in [6, 6.07) is 6.58. The second kappa shape index (κ2) is 7.24. The highest BCUT2D eigenvalue weighted by Gasteiger charge is 2.09. The first-order valence-corrected chi connectivity index (χ1v) is 7.28. The van der Waals surface area contributed by atoms with Crippen molar-refractivity contribution >= 4 is 15.9 Å². The number of benzene rings is 1. The van der Waals surface area contributed by atoms with Crippen LogP contribution in [0.1, 0.15) is 11.1 Å². The molecule has 0 bridgehead atoms. The Balaban J connectivity index is 1.87. The molecule has 0 spiro atoms. The maximum absolute atomic E-state index is 5.16. The van der Waals surface area contributed by atoms with E-state index < -0.39 is 0 Å². The van der Waals surface area contributed by atoms with E-state index in [2.05, 4.69) is 44.3 Å². The normalized spacial score (nSPS) is 17.0. The van der Waals surface area contributed by atoms with E-state index in [-0.39, 0.29) is 0 Å². The van der Waals surface area contributed by atoms with Gasteiger partial charge in [-0.05, 0) is 23.6 Å². The number of nitrogens with one attached hydrogen (secondary N) is 1. The van der Waals surface area contributed by atoms with E-state index in [0.717, 1.165) is 30.5 Å². The number of methoxy groups -OCH3 is 1. The zero-order valence-electron chi connectivity index (χ0n) is 10.9. The molecule has 4 heteroatoms. The van der Waals surface area contributed by atoms with Crippen LogP contribution in [0.3, 0.4) is 0 Å². The Morgan fingerprint density at radius 3 is 2.78 bits per heavy atom. The number of rotatable bonds is 5. The molecule has 0 aromatic heterocycles. The second-order valence-electron chi connectivity index (χ2n) is 4.70. The molecule has 1 aromatic rings. The molecule has 1 fully saturated rings. The van der Waals surface area contributed by atoms with Crippen molar-refractivity contribution in [3.05, 3.63) is 33.8 Å². The van der Waals surface area contributed by atoms with E-state index in [1.54, 1.807) is 7.11 Å². The summed E-state index contributed by atoms with van der Waals surface area (Å²) < 4.78 is 6.31. The van der Waals surface area contributed by atoms with Crippen LogP contribution in [0.15, 0.2) is 22.7 Å². The molecule has 1 aliphatic heterocycles. The first kappa shape index (κ1) is 14.0. The average molecular weight is 313 g/mol. The molecule has 0 aliphatic carbocycles. The van der Waals surface area contributed by atoms with E-state index in [4.69, 9.17) is 4.74 Å². The summed E-state index contributed by atoms with van der Waals surface area (Å²) in [4.78, 5) is 2.52. The number of nitrogens with zero attached hydrogens (tertiary/aromatic N) is 1. The minimum Gasteiger partial charge on any atom is -0.380 e. The van der Waals surface area contributed by atoms with E-state index in [1.807, 2.05) is 0 Å². The van der Waals surface area contributed by atoms with Gasteiger partial charge in [-0.3, -0.25) is 0 Å². The summed E-state index contributed by atoms with van der Waals surface area (Å²) in [5.41, 5.74) is 2.60. The van der Waals surface area contributed by atoms with Crippen molar-refractivity contribution in [1.82, 2.24) is 10.2 Å². The molecule has 1 heterocycles. The topological polar surface area (TPSA) is 24.5 Å². The third-order valence-electron chi connectivity index (χ3n) is 3.34. The molecule has 0 saturated carbocycles. The average Bonchev–Trinajstić information content (AvgIpc) is 2.41. The van der Waals surface area contributed by atoms with Crippen LogP contribution in [0.2, 0.25) is 0 Å². The number of ether oxygens (including phenoxy) is 1. The van der Waals surface area contributed by atoms with Gasteiger partial charge >= 0.3 is 0 Å². The molecule has 3 nitrogen and oxygen atoms in total. The van der Waals surface area contributed by atoms with Crippen LogP contribution in [0.4, 0.5) is 0 Å². The first-order valence-electron chi connectivity index (χ1n) is 6.49. The zero-order chi connectivity index (χ0) is 12.8. The Bertz CT molecular complexity index is 378. The van der Waals surface area contributed by atoms with Crippen LogP contribution in [-0.4, -0.2) is 44.7 Å². The van der Waals surface area contributed by atoms with E-state index in [9.17, 15) is 0 Å². The van der Waals surface area contributed by atoms with Crippen LogP contribution in [0, 0.1) is 0 Å². The lowest BCUT2D eigenvalue weighted by Crippen LogP contribution is -2.44. The largest absolute Gasteiger partial charge is 0.380 e. The lowest BCUT2D eigenvalue weighted by atomic mass is 10.1. The lowest BCUT2D eigenvalue weighted by Gasteiger charge is -2.27. The third-order valence-corrected chi connectivity index (χ3v) is 4.08. The summed E-state index contributed by atoms with van der Waals surface area (Å²) >= 11 is 3.61. The van der Waals surface area contributed by atoms with Crippen molar-refractivity contribution in [1.29, 1.82) is 0 Å². The molecular weight excluding hydrogens is 292 g/mol. The van der Waals surface area contributed by atoms with Crippen LogP contribution in [0.25, 0.3) is 0 Å². The Morgan fingerprint density at radius 1 is 1.33 bits per heavy atom. The standard InChI is InChI=1S/C14H21BrN2O/c1-18-11-13-3-2-12(10-14(13)15)4-7-17-8-5-16-6-9-17/h2-3,10,16H,4-9,11H2,1H3. The predicted octanol–water partition coefficient (Wildman–Crippen LogP) is 2.04. The molecule has 1 aromatic carbocycles. The number of piperazine rings is 1. The van der Waals surface area contributed by atoms with E-state index >= 15 is 0 Å². The summed E-state index contributed by atoms with van der Waals surface area (Å²) in [5.74, 6) is 0. The maximum Gasteiger partial charge on any atom is 0.0724 e. The number of hydrogen-bond acceptors (Lipinski definition) is 3.